The zero-order valence-electron chi connectivity index (χ0n) is 17.6. The second-order valence-electron chi connectivity index (χ2n) is 7.10. The minimum absolute atomic E-state index is 0.229. The molecule has 7 heteroatoms. The van der Waals surface area contributed by atoms with Gasteiger partial charge in [-0.1, -0.05) is 26.0 Å². The van der Waals surface area contributed by atoms with E-state index >= 15 is 0 Å². The van der Waals surface area contributed by atoms with E-state index in [-0.39, 0.29) is 12.5 Å². The monoisotopic (exact) mass is 410 g/mol. The van der Waals surface area contributed by atoms with Crippen LogP contribution in [0.3, 0.4) is 0 Å². The quantitative estimate of drug-likeness (QED) is 0.566. The highest BCUT2D eigenvalue weighted by Gasteiger charge is 2.14. The Labute approximate surface area is 176 Å². The van der Waals surface area contributed by atoms with E-state index in [1.807, 2.05) is 24.3 Å². The van der Waals surface area contributed by atoms with Gasteiger partial charge in [0.1, 0.15) is 12.0 Å². The largest absolute Gasteiger partial charge is 0.496 e. The normalized spacial score (nSPS) is 10.7. The molecule has 1 heterocycles. The first-order valence-electron chi connectivity index (χ1n) is 9.68. The number of para-hydroxylation sites is 1. The van der Waals surface area contributed by atoms with Gasteiger partial charge in [0.15, 0.2) is 11.5 Å². The number of amides is 1. The first kappa shape index (κ1) is 21.2. The third-order valence-corrected chi connectivity index (χ3v) is 4.32. The molecule has 0 fully saturated rings. The minimum atomic E-state index is -0.245. The number of carbonyl (C=O) groups excluding carboxylic acids is 1. The Kier molecular flexibility index (Phi) is 6.95. The number of nitrogens with zero attached hydrogens (tertiary/aromatic N) is 1. The van der Waals surface area contributed by atoms with Crippen LogP contribution in [0.2, 0.25) is 0 Å². The summed E-state index contributed by atoms with van der Waals surface area (Å²) in [6.07, 6.45) is 1.52. The van der Waals surface area contributed by atoms with Gasteiger partial charge < -0.3 is 23.9 Å². The summed E-state index contributed by atoms with van der Waals surface area (Å²) in [5, 5.41) is 2.83. The van der Waals surface area contributed by atoms with Crippen molar-refractivity contribution in [2.45, 2.75) is 20.4 Å². The number of hydrogen-bond donors (Lipinski definition) is 1. The molecule has 158 valence electrons. The van der Waals surface area contributed by atoms with Crippen molar-refractivity contribution in [1.82, 2.24) is 10.3 Å². The molecule has 0 aliphatic carbocycles. The van der Waals surface area contributed by atoms with E-state index < -0.39 is 0 Å². The lowest BCUT2D eigenvalue weighted by Gasteiger charge is -2.13. The maximum atomic E-state index is 12.4. The summed E-state index contributed by atoms with van der Waals surface area (Å²) in [4.78, 5) is 16.9. The van der Waals surface area contributed by atoms with Gasteiger partial charge in [0, 0.05) is 5.56 Å². The Hall–Kier alpha value is -3.48. The molecule has 3 rings (SSSR count). The average molecular weight is 410 g/mol. The summed E-state index contributed by atoms with van der Waals surface area (Å²) in [6.45, 7) is 4.96. The van der Waals surface area contributed by atoms with E-state index in [2.05, 4.69) is 24.1 Å². The summed E-state index contributed by atoms with van der Waals surface area (Å²) >= 11 is 0. The Morgan fingerprint density at radius 3 is 2.57 bits per heavy atom. The van der Waals surface area contributed by atoms with Gasteiger partial charge in [0.25, 0.3) is 5.91 Å². The van der Waals surface area contributed by atoms with Gasteiger partial charge in [-0.3, -0.25) is 4.79 Å². The number of methoxy groups -OCH3 is 2. The lowest BCUT2D eigenvalue weighted by Crippen LogP contribution is -2.23. The summed E-state index contributed by atoms with van der Waals surface area (Å²) in [6, 6.07) is 12.6. The number of oxazole rings is 1. The van der Waals surface area contributed by atoms with Crippen LogP contribution in [0.1, 0.15) is 29.9 Å². The van der Waals surface area contributed by atoms with E-state index in [4.69, 9.17) is 18.6 Å². The minimum Gasteiger partial charge on any atom is -0.496 e. The summed E-state index contributed by atoms with van der Waals surface area (Å²) < 4.78 is 22.0. The highest BCUT2D eigenvalue weighted by atomic mass is 16.5. The predicted octanol–water partition coefficient (Wildman–Crippen LogP) is 4.32. The molecule has 2 aromatic carbocycles. The molecule has 0 aliphatic rings. The Morgan fingerprint density at radius 2 is 1.83 bits per heavy atom. The van der Waals surface area contributed by atoms with Crippen LogP contribution in [-0.2, 0) is 6.54 Å². The highest BCUT2D eigenvalue weighted by molar-refractivity contribution is 5.96. The third-order valence-electron chi connectivity index (χ3n) is 4.32. The van der Waals surface area contributed by atoms with Crippen LogP contribution in [0.15, 0.2) is 53.1 Å². The molecule has 0 unspecified atom stereocenters. The second kappa shape index (κ2) is 9.82. The molecule has 0 spiro atoms. The number of nitrogens with one attached hydrogen (secondary N) is 1. The molecule has 1 aromatic heterocycles. The number of carbonyl (C=O) groups is 1. The van der Waals surface area contributed by atoms with Crippen LogP contribution in [0, 0.1) is 5.92 Å². The van der Waals surface area contributed by atoms with Crippen molar-refractivity contribution in [2.24, 2.45) is 5.92 Å². The van der Waals surface area contributed by atoms with Crippen molar-refractivity contribution in [3.63, 3.8) is 0 Å². The van der Waals surface area contributed by atoms with Crippen molar-refractivity contribution in [3.05, 3.63) is 60.0 Å². The molecule has 0 atom stereocenters. The van der Waals surface area contributed by atoms with Crippen LogP contribution < -0.4 is 19.5 Å². The van der Waals surface area contributed by atoms with Crippen molar-refractivity contribution < 1.29 is 23.4 Å². The van der Waals surface area contributed by atoms with Crippen LogP contribution in [0.25, 0.3) is 11.5 Å². The first-order valence-corrected chi connectivity index (χ1v) is 9.68. The van der Waals surface area contributed by atoms with E-state index in [1.54, 1.807) is 25.3 Å². The SMILES string of the molecule is COc1ccc(-c2nc(CNC(=O)c3ccccc3OC)co2)cc1OCC(C)C. The average Bonchev–Trinajstić information content (AvgIpc) is 3.24. The van der Waals surface area contributed by atoms with Crippen molar-refractivity contribution in [2.75, 3.05) is 20.8 Å². The fourth-order valence-corrected chi connectivity index (χ4v) is 2.80. The van der Waals surface area contributed by atoms with Gasteiger partial charge in [0.05, 0.1) is 38.6 Å². The Balaban J connectivity index is 1.70. The molecule has 7 nitrogen and oxygen atoms in total. The predicted molar refractivity (Wildman–Crippen MR) is 113 cm³/mol. The van der Waals surface area contributed by atoms with E-state index in [1.165, 1.54) is 13.4 Å². The van der Waals surface area contributed by atoms with Crippen molar-refractivity contribution in [1.29, 1.82) is 0 Å². The first-order chi connectivity index (χ1) is 14.5. The molecule has 0 radical (unpaired) electrons. The molecule has 1 N–H and O–H groups in total. The molecule has 30 heavy (non-hydrogen) atoms. The topological polar surface area (TPSA) is 82.8 Å². The molecular weight excluding hydrogens is 384 g/mol. The zero-order valence-corrected chi connectivity index (χ0v) is 17.6. The molecule has 0 aliphatic heterocycles. The zero-order chi connectivity index (χ0) is 21.5. The molecule has 0 saturated heterocycles. The number of hydrogen-bond acceptors (Lipinski definition) is 6. The molecule has 3 aromatic rings. The van der Waals surface area contributed by atoms with E-state index in [0.717, 1.165) is 5.56 Å². The fraction of sp³-hybridized carbons (Fsp3) is 0.304. The van der Waals surface area contributed by atoms with Gasteiger partial charge in [0.2, 0.25) is 5.89 Å². The molecule has 0 saturated carbocycles. The van der Waals surface area contributed by atoms with Crippen molar-refractivity contribution in [3.8, 4) is 28.7 Å². The van der Waals surface area contributed by atoms with Crippen LogP contribution in [0.5, 0.6) is 17.2 Å². The number of benzene rings is 2. The lowest BCUT2D eigenvalue weighted by atomic mass is 10.2. The molecule has 1 amide bonds. The standard InChI is InChI=1S/C23H26N2O5/c1-15(2)13-29-21-11-16(9-10-20(21)28-4)23-25-17(14-30-23)12-24-22(26)18-7-5-6-8-19(18)27-3/h5-11,14-15H,12-13H2,1-4H3,(H,24,26). The summed E-state index contributed by atoms with van der Waals surface area (Å²) in [5.74, 6) is 2.38. The van der Waals surface area contributed by atoms with E-state index in [0.29, 0.717) is 46.9 Å². The highest BCUT2D eigenvalue weighted by Crippen LogP contribution is 2.32. The Morgan fingerprint density at radius 1 is 1.07 bits per heavy atom. The summed E-state index contributed by atoms with van der Waals surface area (Å²) in [7, 11) is 3.13. The number of aromatic nitrogens is 1. The number of ether oxygens (including phenoxy) is 3. The Bertz CT molecular complexity index is 997. The van der Waals surface area contributed by atoms with Crippen LogP contribution in [0.4, 0.5) is 0 Å². The smallest absolute Gasteiger partial charge is 0.255 e. The molecular formula is C23H26N2O5. The van der Waals surface area contributed by atoms with Crippen LogP contribution >= 0.6 is 0 Å². The van der Waals surface area contributed by atoms with E-state index in [9.17, 15) is 4.79 Å². The second-order valence-corrected chi connectivity index (χ2v) is 7.10. The molecule has 0 bridgehead atoms. The maximum absolute atomic E-state index is 12.4. The van der Waals surface area contributed by atoms with Gasteiger partial charge in [-0.15, -0.1) is 0 Å². The van der Waals surface area contributed by atoms with Gasteiger partial charge in [-0.25, -0.2) is 4.98 Å². The van der Waals surface area contributed by atoms with Crippen LogP contribution in [-0.4, -0.2) is 31.7 Å². The van der Waals surface area contributed by atoms with Crippen molar-refractivity contribution >= 4 is 5.91 Å². The number of rotatable bonds is 9. The van der Waals surface area contributed by atoms with Gasteiger partial charge in [-0.05, 0) is 36.2 Å². The third kappa shape index (κ3) is 5.11. The maximum Gasteiger partial charge on any atom is 0.255 e. The lowest BCUT2D eigenvalue weighted by molar-refractivity contribution is 0.0947. The summed E-state index contributed by atoms with van der Waals surface area (Å²) in [5.41, 5.74) is 1.83. The van der Waals surface area contributed by atoms with Gasteiger partial charge in [-0.2, -0.15) is 0 Å². The fourth-order valence-electron chi connectivity index (χ4n) is 2.80. The van der Waals surface area contributed by atoms with Gasteiger partial charge >= 0.3 is 0 Å².